The van der Waals surface area contributed by atoms with Gasteiger partial charge in [0.25, 0.3) is 0 Å². The molecule has 5 rings (SSSR count). The zero-order valence-corrected chi connectivity index (χ0v) is 21.9. The van der Waals surface area contributed by atoms with Gasteiger partial charge in [0.05, 0.1) is 12.0 Å². The van der Waals surface area contributed by atoms with Gasteiger partial charge in [0, 0.05) is 44.0 Å². The molecule has 8 heteroatoms. The second kappa shape index (κ2) is 11.1. The minimum Gasteiger partial charge on any atom is -0.491 e. The van der Waals surface area contributed by atoms with Crippen LogP contribution in [0.15, 0.2) is 36.4 Å². The van der Waals surface area contributed by atoms with E-state index in [0.717, 1.165) is 63.3 Å². The first-order chi connectivity index (χ1) is 17.9. The Morgan fingerprint density at radius 3 is 2.62 bits per heavy atom. The van der Waals surface area contributed by atoms with E-state index in [0.29, 0.717) is 30.3 Å². The Labute approximate surface area is 219 Å². The maximum Gasteiger partial charge on any atom is 0.325 e. The van der Waals surface area contributed by atoms with Gasteiger partial charge in [-0.3, -0.25) is 14.5 Å². The molecule has 198 valence electrons. The summed E-state index contributed by atoms with van der Waals surface area (Å²) in [7, 11) is 0. The summed E-state index contributed by atoms with van der Waals surface area (Å²) in [6.45, 7) is 7.28. The van der Waals surface area contributed by atoms with E-state index in [2.05, 4.69) is 17.4 Å². The van der Waals surface area contributed by atoms with Crippen LogP contribution in [0.2, 0.25) is 0 Å². The Morgan fingerprint density at radius 2 is 1.89 bits per heavy atom. The molecule has 37 heavy (non-hydrogen) atoms. The van der Waals surface area contributed by atoms with Gasteiger partial charge in [0.15, 0.2) is 0 Å². The minimum absolute atomic E-state index is 0.0519. The molecule has 1 aromatic heterocycles. The Kier molecular flexibility index (Phi) is 7.65. The van der Waals surface area contributed by atoms with Crippen LogP contribution in [0.4, 0.5) is 5.82 Å². The van der Waals surface area contributed by atoms with Gasteiger partial charge in [-0.05, 0) is 69.6 Å². The van der Waals surface area contributed by atoms with Crippen molar-refractivity contribution in [2.75, 3.05) is 38.0 Å². The van der Waals surface area contributed by atoms with Crippen LogP contribution in [0.5, 0.6) is 5.75 Å². The highest BCUT2D eigenvalue weighted by atomic mass is 16.5. The molecule has 2 fully saturated rings. The molecule has 0 unspecified atom stereocenters. The van der Waals surface area contributed by atoms with Gasteiger partial charge in [-0.2, -0.15) is 0 Å². The number of ether oxygens (including phenoxy) is 1. The van der Waals surface area contributed by atoms with Gasteiger partial charge in [0.1, 0.15) is 17.6 Å². The first-order valence-corrected chi connectivity index (χ1v) is 13.6. The van der Waals surface area contributed by atoms with Crippen LogP contribution < -0.4 is 10.1 Å². The average molecular weight is 507 g/mol. The van der Waals surface area contributed by atoms with Crippen molar-refractivity contribution in [1.82, 2.24) is 14.8 Å². The summed E-state index contributed by atoms with van der Waals surface area (Å²) in [5.74, 6) is 1.25. The lowest BCUT2D eigenvalue weighted by atomic mass is 9.89. The highest BCUT2D eigenvalue weighted by molar-refractivity contribution is 5.82. The van der Waals surface area contributed by atoms with Crippen molar-refractivity contribution in [2.24, 2.45) is 11.8 Å². The third-order valence-corrected chi connectivity index (χ3v) is 7.81. The zero-order valence-electron chi connectivity index (χ0n) is 21.9. The van der Waals surface area contributed by atoms with Gasteiger partial charge in [-0.1, -0.05) is 24.3 Å². The minimum atomic E-state index is -0.919. The molecule has 8 nitrogen and oxygen atoms in total. The van der Waals surface area contributed by atoms with Crippen LogP contribution in [0.3, 0.4) is 0 Å². The van der Waals surface area contributed by atoms with Crippen LogP contribution in [0, 0.1) is 11.8 Å². The van der Waals surface area contributed by atoms with Crippen molar-refractivity contribution in [2.45, 2.75) is 58.1 Å². The predicted octanol–water partition coefficient (Wildman–Crippen LogP) is 3.77. The molecule has 0 radical (unpaired) electrons. The standard InChI is InChI=1S/C29H38N4O4/c1-19(2)37-25-8-4-3-7-24(25)26(29(35)36)33-17-22(18-33)28(34)32-14-11-20(12-15-32)16-23-10-9-21-6-5-13-30-27(21)31-23/h3-4,7-10,19-20,22,26H,5-6,11-18H2,1-2H3,(H,30,31)(H,35,36)/t26-/m0/s1. The zero-order chi connectivity index (χ0) is 25.9. The maximum atomic E-state index is 13.2. The fraction of sp³-hybridized carbons (Fsp3) is 0.552. The first kappa shape index (κ1) is 25.5. The third-order valence-electron chi connectivity index (χ3n) is 7.81. The van der Waals surface area contributed by atoms with E-state index in [4.69, 9.17) is 9.72 Å². The number of carbonyl (C=O) groups is 2. The number of benzene rings is 1. The number of aliphatic carboxylic acids is 1. The number of carboxylic acid groups (broad SMARTS) is 1. The number of aryl methyl sites for hydroxylation is 1. The number of fused-ring (bicyclic) bond motifs is 1. The van der Waals surface area contributed by atoms with Crippen molar-refractivity contribution in [3.63, 3.8) is 0 Å². The van der Waals surface area contributed by atoms with E-state index >= 15 is 0 Å². The van der Waals surface area contributed by atoms with E-state index in [1.807, 2.05) is 47.9 Å². The summed E-state index contributed by atoms with van der Waals surface area (Å²) in [6, 6.07) is 10.9. The molecule has 0 saturated carbocycles. The summed E-state index contributed by atoms with van der Waals surface area (Å²) in [4.78, 5) is 34.1. The number of hydrogen-bond donors (Lipinski definition) is 2. The molecule has 0 spiro atoms. The third kappa shape index (κ3) is 5.74. The van der Waals surface area contributed by atoms with Crippen LogP contribution in [-0.2, 0) is 22.4 Å². The molecular weight excluding hydrogens is 468 g/mol. The maximum absolute atomic E-state index is 13.2. The number of amides is 1. The largest absolute Gasteiger partial charge is 0.491 e. The Morgan fingerprint density at radius 1 is 1.14 bits per heavy atom. The number of anilines is 1. The van der Waals surface area contributed by atoms with Crippen molar-refractivity contribution in [3.05, 3.63) is 53.2 Å². The number of aromatic nitrogens is 1. The molecule has 2 aromatic rings. The normalized spacial score (nSPS) is 19.6. The van der Waals surface area contributed by atoms with Crippen LogP contribution in [0.1, 0.15) is 56.0 Å². The Balaban J connectivity index is 1.13. The molecule has 3 aliphatic rings. The number of piperidine rings is 1. The molecule has 0 bridgehead atoms. The lowest BCUT2D eigenvalue weighted by Crippen LogP contribution is -2.57. The smallest absolute Gasteiger partial charge is 0.325 e. The van der Waals surface area contributed by atoms with Crippen LogP contribution >= 0.6 is 0 Å². The van der Waals surface area contributed by atoms with Crippen molar-refractivity contribution < 1.29 is 19.4 Å². The Bertz CT molecular complexity index is 1120. The van der Waals surface area contributed by atoms with Gasteiger partial charge >= 0.3 is 5.97 Å². The lowest BCUT2D eigenvalue weighted by Gasteiger charge is -2.44. The molecular formula is C29H38N4O4. The molecule has 1 aromatic carbocycles. The van der Waals surface area contributed by atoms with E-state index in [1.165, 1.54) is 5.56 Å². The average Bonchev–Trinajstić information content (AvgIpc) is 2.86. The van der Waals surface area contributed by atoms with Gasteiger partial charge in [-0.25, -0.2) is 4.98 Å². The number of carbonyl (C=O) groups excluding carboxylic acids is 1. The number of rotatable bonds is 8. The quantitative estimate of drug-likeness (QED) is 0.563. The van der Waals surface area contributed by atoms with Crippen molar-refractivity contribution in [3.8, 4) is 5.75 Å². The number of likely N-dealkylation sites (tertiary alicyclic amines) is 2. The SMILES string of the molecule is CC(C)Oc1ccccc1[C@@H](C(=O)O)N1CC(C(=O)N2CCC(Cc3ccc4c(n3)NCCC4)CC2)C1. The van der Waals surface area contributed by atoms with E-state index in [9.17, 15) is 14.7 Å². The summed E-state index contributed by atoms with van der Waals surface area (Å²) in [5, 5.41) is 13.4. The molecule has 2 saturated heterocycles. The number of hydrogen-bond acceptors (Lipinski definition) is 6. The fourth-order valence-corrected chi connectivity index (χ4v) is 5.83. The molecule has 3 aliphatic heterocycles. The molecule has 2 N–H and O–H groups in total. The highest BCUT2D eigenvalue weighted by Gasteiger charge is 2.43. The number of carboxylic acids is 1. The summed E-state index contributed by atoms with van der Waals surface area (Å²) in [5.41, 5.74) is 3.08. The first-order valence-electron chi connectivity index (χ1n) is 13.6. The second-order valence-corrected chi connectivity index (χ2v) is 10.9. The second-order valence-electron chi connectivity index (χ2n) is 10.9. The van der Waals surface area contributed by atoms with E-state index < -0.39 is 12.0 Å². The lowest BCUT2D eigenvalue weighted by molar-refractivity contribution is -0.153. The van der Waals surface area contributed by atoms with E-state index in [-0.39, 0.29) is 17.9 Å². The van der Waals surface area contributed by atoms with Crippen molar-refractivity contribution >= 4 is 17.7 Å². The van der Waals surface area contributed by atoms with Crippen LogP contribution in [0.25, 0.3) is 0 Å². The summed E-state index contributed by atoms with van der Waals surface area (Å²) >= 11 is 0. The highest BCUT2D eigenvalue weighted by Crippen LogP contribution is 2.36. The molecule has 1 amide bonds. The molecule has 4 heterocycles. The summed E-state index contributed by atoms with van der Waals surface area (Å²) < 4.78 is 5.87. The van der Waals surface area contributed by atoms with E-state index in [1.54, 1.807) is 0 Å². The summed E-state index contributed by atoms with van der Waals surface area (Å²) in [6.07, 6.45) is 5.12. The number of nitrogens with zero attached hydrogens (tertiary/aromatic N) is 3. The van der Waals surface area contributed by atoms with Crippen molar-refractivity contribution in [1.29, 1.82) is 0 Å². The van der Waals surface area contributed by atoms with Gasteiger partial charge in [0.2, 0.25) is 5.91 Å². The number of nitrogens with one attached hydrogen (secondary N) is 1. The van der Waals surface area contributed by atoms with Crippen LogP contribution in [-0.4, -0.2) is 70.6 Å². The molecule has 1 atom stereocenters. The number of pyridine rings is 1. The predicted molar refractivity (Wildman–Crippen MR) is 142 cm³/mol. The topological polar surface area (TPSA) is 95.0 Å². The Hall–Kier alpha value is -3.13. The molecule has 0 aliphatic carbocycles. The number of para-hydroxylation sites is 1. The van der Waals surface area contributed by atoms with Gasteiger partial charge < -0.3 is 20.1 Å². The van der Waals surface area contributed by atoms with Gasteiger partial charge in [-0.15, -0.1) is 0 Å². The fourth-order valence-electron chi connectivity index (χ4n) is 5.83. The monoisotopic (exact) mass is 506 g/mol.